The summed E-state index contributed by atoms with van der Waals surface area (Å²) in [5.41, 5.74) is 0.639. The molecule has 2 aromatic heterocycles. The predicted molar refractivity (Wildman–Crippen MR) is 69.8 cm³/mol. The van der Waals surface area contributed by atoms with Gasteiger partial charge in [0.15, 0.2) is 6.61 Å². The monoisotopic (exact) mass is 291 g/mol. The smallest absolute Gasteiger partial charge is 0.354 e. The molecule has 0 saturated heterocycles. The quantitative estimate of drug-likeness (QED) is 0.807. The van der Waals surface area contributed by atoms with Gasteiger partial charge in [-0.2, -0.15) is 0 Å². The molecule has 0 fully saturated rings. The summed E-state index contributed by atoms with van der Waals surface area (Å²) in [6, 6.07) is 4.53. The highest BCUT2D eigenvalue weighted by atomic mass is 16.5. The van der Waals surface area contributed by atoms with Gasteiger partial charge >= 0.3 is 5.97 Å². The molecule has 110 valence electrons. The minimum absolute atomic E-state index is 0.0465. The summed E-state index contributed by atoms with van der Waals surface area (Å²) >= 11 is 0. The number of aromatic carboxylic acids is 1. The van der Waals surface area contributed by atoms with Crippen molar-refractivity contribution in [2.24, 2.45) is 0 Å². The largest absolute Gasteiger partial charge is 0.477 e. The topological polar surface area (TPSA) is 115 Å². The first kappa shape index (κ1) is 14.5. The van der Waals surface area contributed by atoms with Gasteiger partial charge in [-0.15, -0.1) is 0 Å². The molecular formula is C13H13N3O5. The first-order chi connectivity index (χ1) is 10.0. The van der Waals surface area contributed by atoms with Crippen LogP contribution in [0.5, 0.6) is 5.88 Å². The summed E-state index contributed by atoms with van der Waals surface area (Å²) in [7, 11) is 0. The van der Waals surface area contributed by atoms with E-state index in [4.69, 9.17) is 14.4 Å². The van der Waals surface area contributed by atoms with Crippen LogP contribution in [-0.4, -0.2) is 33.7 Å². The van der Waals surface area contributed by atoms with E-state index >= 15 is 0 Å². The molecular weight excluding hydrogens is 278 g/mol. The molecule has 0 bridgehead atoms. The predicted octanol–water partition coefficient (Wildman–Crippen LogP) is 0.771. The molecule has 0 unspecified atom stereocenters. The van der Waals surface area contributed by atoms with Gasteiger partial charge in [-0.1, -0.05) is 6.07 Å². The number of carbonyl (C=O) groups excluding carboxylic acids is 1. The number of carbonyl (C=O) groups is 2. The fraction of sp³-hybridized carbons (Fsp3) is 0.231. The average molecular weight is 291 g/mol. The van der Waals surface area contributed by atoms with Crippen LogP contribution in [0, 0.1) is 6.92 Å². The van der Waals surface area contributed by atoms with Gasteiger partial charge in [-0.3, -0.25) is 4.79 Å². The van der Waals surface area contributed by atoms with Crippen molar-refractivity contribution in [3.8, 4) is 5.88 Å². The Hall–Kier alpha value is -2.90. The number of rotatable bonds is 6. The van der Waals surface area contributed by atoms with Crippen LogP contribution in [0.15, 0.2) is 28.9 Å². The summed E-state index contributed by atoms with van der Waals surface area (Å²) in [6.45, 7) is 1.76. The fourth-order valence-corrected chi connectivity index (χ4v) is 1.46. The van der Waals surface area contributed by atoms with Crippen molar-refractivity contribution in [3.05, 3.63) is 41.4 Å². The van der Waals surface area contributed by atoms with E-state index in [9.17, 15) is 9.59 Å². The molecule has 0 aromatic carbocycles. The van der Waals surface area contributed by atoms with E-state index in [-0.39, 0.29) is 30.6 Å². The lowest BCUT2D eigenvalue weighted by Crippen LogP contribution is -2.28. The van der Waals surface area contributed by atoms with Crippen LogP contribution in [0.25, 0.3) is 0 Å². The second kappa shape index (κ2) is 6.51. The number of nitrogens with zero attached hydrogens (tertiary/aromatic N) is 2. The minimum atomic E-state index is -1.10. The van der Waals surface area contributed by atoms with Crippen LogP contribution in [0.2, 0.25) is 0 Å². The van der Waals surface area contributed by atoms with Crippen molar-refractivity contribution in [2.75, 3.05) is 6.61 Å². The molecule has 0 aliphatic heterocycles. The Labute approximate surface area is 119 Å². The van der Waals surface area contributed by atoms with Crippen LogP contribution in [-0.2, 0) is 11.3 Å². The molecule has 2 rings (SSSR count). The third-order valence-corrected chi connectivity index (χ3v) is 2.49. The van der Waals surface area contributed by atoms with E-state index in [1.807, 2.05) is 0 Å². The Kier molecular flexibility index (Phi) is 4.50. The zero-order valence-electron chi connectivity index (χ0n) is 11.2. The van der Waals surface area contributed by atoms with Crippen molar-refractivity contribution in [2.45, 2.75) is 13.5 Å². The highest BCUT2D eigenvalue weighted by Crippen LogP contribution is 2.09. The molecule has 0 atom stereocenters. The zero-order chi connectivity index (χ0) is 15.2. The van der Waals surface area contributed by atoms with Crippen LogP contribution in [0.1, 0.15) is 21.8 Å². The van der Waals surface area contributed by atoms with E-state index in [0.29, 0.717) is 11.3 Å². The number of aryl methyl sites for hydroxylation is 1. The van der Waals surface area contributed by atoms with E-state index in [0.717, 1.165) is 0 Å². The van der Waals surface area contributed by atoms with Gasteiger partial charge in [0.05, 0.1) is 0 Å². The summed E-state index contributed by atoms with van der Waals surface area (Å²) in [5.74, 6) is -0.593. The van der Waals surface area contributed by atoms with Crippen LogP contribution < -0.4 is 10.1 Å². The molecule has 0 spiro atoms. The maximum atomic E-state index is 11.6. The molecule has 2 N–H and O–H groups in total. The van der Waals surface area contributed by atoms with E-state index in [2.05, 4.69) is 15.5 Å². The number of ether oxygens (including phenoxy) is 1. The number of carboxylic acids is 1. The number of pyridine rings is 1. The Bertz CT molecular complexity index is 636. The normalized spacial score (nSPS) is 10.1. The molecule has 8 nitrogen and oxygen atoms in total. The zero-order valence-corrected chi connectivity index (χ0v) is 11.2. The van der Waals surface area contributed by atoms with Gasteiger partial charge in [-0.05, 0) is 23.7 Å². The van der Waals surface area contributed by atoms with E-state index < -0.39 is 5.97 Å². The Morgan fingerprint density at radius 1 is 1.43 bits per heavy atom. The summed E-state index contributed by atoms with van der Waals surface area (Å²) in [5, 5.41) is 14.9. The third kappa shape index (κ3) is 4.30. The van der Waals surface area contributed by atoms with Gasteiger partial charge in [-0.25, -0.2) is 9.78 Å². The molecule has 8 heteroatoms. The number of carboxylic acid groups (broad SMARTS) is 1. The standard InChI is InChI=1S/C13H13N3O5/c1-8-4-12(16-21-8)20-7-11(17)15-6-9-2-3-10(13(18)19)14-5-9/h2-5H,6-7H2,1H3,(H,15,17)(H,18,19). The van der Waals surface area contributed by atoms with Crippen molar-refractivity contribution >= 4 is 11.9 Å². The second-order valence-corrected chi connectivity index (χ2v) is 4.20. The van der Waals surface area contributed by atoms with E-state index in [1.54, 1.807) is 19.1 Å². The minimum Gasteiger partial charge on any atom is -0.477 e. The van der Waals surface area contributed by atoms with Gasteiger partial charge in [0.2, 0.25) is 0 Å². The maximum absolute atomic E-state index is 11.6. The highest BCUT2D eigenvalue weighted by molar-refractivity contribution is 5.85. The Morgan fingerprint density at radius 3 is 2.81 bits per heavy atom. The van der Waals surface area contributed by atoms with Crippen LogP contribution in [0.3, 0.4) is 0 Å². The van der Waals surface area contributed by atoms with Crippen molar-refractivity contribution in [1.82, 2.24) is 15.5 Å². The fourth-order valence-electron chi connectivity index (χ4n) is 1.46. The molecule has 0 aliphatic carbocycles. The number of amides is 1. The van der Waals surface area contributed by atoms with Crippen LogP contribution in [0.4, 0.5) is 0 Å². The first-order valence-electron chi connectivity index (χ1n) is 6.05. The lowest BCUT2D eigenvalue weighted by molar-refractivity contribution is -0.123. The van der Waals surface area contributed by atoms with Crippen molar-refractivity contribution in [1.29, 1.82) is 0 Å². The summed E-state index contributed by atoms with van der Waals surface area (Å²) in [4.78, 5) is 25.9. The second-order valence-electron chi connectivity index (χ2n) is 4.20. The lowest BCUT2D eigenvalue weighted by Gasteiger charge is -2.05. The number of hydrogen-bond acceptors (Lipinski definition) is 6. The molecule has 0 saturated carbocycles. The van der Waals surface area contributed by atoms with Crippen molar-refractivity contribution < 1.29 is 24.0 Å². The molecule has 2 aromatic rings. The third-order valence-electron chi connectivity index (χ3n) is 2.49. The number of nitrogens with one attached hydrogen (secondary N) is 1. The first-order valence-corrected chi connectivity index (χ1v) is 6.05. The van der Waals surface area contributed by atoms with Gasteiger partial charge in [0.25, 0.3) is 11.8 Å². The molecule has 21 heavy (non-hydrogen) atoms. The van der Waals surface area contributed by atoms with Crippen molar-refractivity contribution in [3.63, 3.8) is 0 Å². The summed E-state index contributed by atoms with van der Waals surface area (Å²) in [6.07, 6.45) is 1.39. The molecule has 1 amide bonds. The van der Waals surface area contributed by atoms with Gasteiger partial charge in [0.1, 0.15) is 11.5 Å². The SMILES string of the molecule is Cc1cc(OCC(=O)NCc2ccc(C(=O)O)nc2)no1. The summed E-state index contributed by atoms with van der Waals surface area (Å²) < 4.78 is 9.91. The molecule has 0 aliphatic rings. The van der Waals surface area contributed by atoms with Gasteiger partial charge in [0, 0.05) is 18.8 Å². The maximum Gasteiger partial charge on any atom is 0.354 e. The molecule has 0 radical (unpaired) electrons. The average Bonchev–Trinajstić information content (AvgIpc) is 2.89. The lowest BCUT2D eigenvalue weighted by atomic mass is 10.2. The van der Waals surface area contributed by atoms with E-state index in [1.165, 1.54) is 12.3 Å². The van der Waals surface area contributed by atoms with Gasteiger partial charge < -0.3 is 19.7 Å². The molecule has 2 heterocycles. The number of hydrogen-bond donors (Lipinski definition) is 2. The highest BCUT2D eigenvalue weighted by Gasteiger charge is 2.07. The van der Waals surface area contributed by atoms with Crippen LogP contribution >= 0.6 is 0 Å². The Morgan fingerprint density at radius 2 is 2.24 bits per heavy atom. The Balaban J connectivity index is 1.77. The number of aromatic nitrogens is 2.